The van der Waals surface area contributed by atoms with Crippen molar-refractivity contribution >= 4 is 10.0 Å². The van der Waals surface area contributed by atoms with Gasteiger partial charge in [0, 0.05) is 6.54 Å². The summed E-state index contributed by atoms with van der Waals surface area (Å²) in [5.41, 5.74) is 1.00. The summed E-state index contributed by atoms with van der Waals surface area (Å²) in [6.45, 7) is 0.533. The molecule has 1 aliphatic rings. The Morgan fingerprint density at radius 3 is 2.00 bits per heavy atom. The van der Waals surface area contributed by atoms with Crippen molar-refractivity contribution in [2.75, 3.05) is 20.8 Å². The Hall–Kier alpha value is -2.05. The Labute approximate surface area is 155 Å². The summed E-state index contributed by atoms with van der Waals surface area (Å²) >= 11 is 0. The first-order valence-corrected chi connectivity index (χ1v) is 10.3. The average molecular weight is 375 g/mol. The molecule has 2 aromatic rings. The number of nitrogens with zero attached hydrogens (tertiary/aromatic N) is 1. The molecule has 140 valence electrons. The highest BCUT2D eigenvalue weighted by molar-refractivity contribution is 7.89. The fourth-order valence-corrected chi connectivity index (χ4v) is 5.09. The van der Waals surface area contributed by atoms with Crippen molar-refractivity contribution in [3.05, 3.63) is 54.1 Å². The van der Waals surface area contributed by atoms with Gasteiger partial charge >= 0.3 is 0 Å². The van der Waals surface area contributed by atoms with E-state index in [1.165, 1.54) is 0 Å². The molecule has 3 rings (SSSR count). The molecule has 26 heavy (non-hydrogen) atoms. The molecule has 1 saturated heterocycles. The average Bonchev–Trinajstić information content (AvgIpc) is 2.95. The summed E-state index contributed by atoms with van der Waals surface area (Å²) in [6, 6.07) is 14.2. The predicted octanol–water partition coefficient (Wildman–Crippen LogP) is 4.01. The van der Waals surface area contributed by atoms with Crippen LogP contribution < -0.4 is 9.47 Å². The van der Waals surface area contributed by atoms with Crippen LogP contribution in [0.4, 0.5) is 0 Å². The molecule has 1 fully saturated rings. The van der Waals surface area contributed by atoms with Gasteiger partial charge in [-0.2, -0.15) is 4.31 Å². The fourth-order valence-electron chi connectivity index (χ4n) is 3.41. The maximum atomic E-state index is 13.3. The number of sulfonamides is 1. The molecule has 0 amide bonds. The van der Waals surface area contributed by atoms with E-state index in [9.17, 15) is 8.42 Å². The van der Waals surface area contributed by atoms with E-state index in [0.29, 0.717) is 17.2 Å². The van der Waals surface area contributed by atoms with E-state index in [4.69, 9.17) is 9.47 Å². The molecule has 1 atom stereocenters. The Bertz CT molecular complexity index is 816. The lowest BCUT2D eigenvalue weighted by Gasteiger charge is -2.29. The van der Waals surface area contributed by atoms with E-state index in [1.807, 2.05) is 24.3 Å². The molecule has 0 N–H and O–H groups in total. The van der Waals surface area contributed by atoms with Gasteiger partial charge in [-0.15, -0.1) is 0 Å². The van der Waals surface area contributed by atoms with Gasteiger partial charge in [-0.25, -0.2) is 8.42 Å². The van der Waals surface area contributed by atoms with E-state index in [-0.39, 0.29) is 6.04 Å². The minimum Gasteiger partial charge on any atom is -0.497 e. The van der Waals surface area contributed by atoms with E-state index >= 15 is 0 Å². The summed E-state index contributed by atoms with van der Waals surface area (Å²) < 4.78 is 38.6. The van der Waals surface area contributed by atoms with Gasteiger partial charge < -0.3 is 9.47 Å². The number of rotatable bonds is 5. The van der Waals surface area contributed by atoms with Gasteiger partial charge in [0.25, 0.3) is 0 Å². The maximum absolute atomic E-state index is 13.3. The highest BCUT2D eigenvalue weighted by Gasteiger charge is 2.33. The lowest BCUT2D eigenvalue weighted by Crippen LogP contribution is -2.34. The van der Waals surface area contributed by atoms with Crippen LogP contribution in [0.15, 0.2) is 53.4 Å². The second kappa shape index (κ2) is 8.10. The zero-order valence-electron chi connectivity index (χ0n) is 15.2. The summed E-state index contributed by atoms with van der Waals surface area (Å²) in [7, 11) is -0.383. The van der Waals surface area contributed by atoms with Crippen LogP contribution in [0.1, 0.15) is 37.3 Å². The van der Waals surface area contributed by atoms with Crippen LogP contribution in [-0.2, 0) is 10.0 Å². The quantitative estimate of drug-likeness (QED) is 0.792. The smallest absolute Gasteiger partial charge is 0.243 e. The van der Waals surface area contributed by atoms with Crippen molar-refractivity contribution in [3.63, 3.8) is 0 Å². The molecule has 1 heterocycles. The molecular weight excluding hydrogens is 350 g/mol. The zero-order valence-corrected chi connectivity index (χ0v) is 16.0. The molecule has 2 aromatic carbocycles. The molecule has 0 radical (unpaired) electrons. The van der Waals surface area contributed by atoms with Crippen LogP contribution in [-0.4, -0.2) is 33.5 Å². The number of methoxy groups -OCH3 is 2. The molecule has 5 nitrogen and oxygen atoms in total. The van der Waals surface area contributed by atoms with Gasteiger partial charge in [-0.1, -0.05) is 25.0 Å². The zero-order chi connectivity index (χ0) is 18.6. The predicted molar refractivity (Wildman–Crippen MR) is 101 cm³/mol. The van der Waals surface area contributed by atoms with Gasteiger partial charge in [0.1, 0.15) is 11.5 Å². The van der Waals surface area contributed by atoms with Gasteiger partial charge in [-0.3, -0.25) is 0 Å². The minimum atomic E-state index is -3.58. The molecule has 0 aromatic heterocycles. The third-order valence-electron chi connectivity index (χ3n) is 4.87. The highest BCUT2D eigenvalue weighted by Crippen LogP contribution is 2.35. The van der Waals surface area contributed by atoms with Crippen LogP contribution >= 0.6 is 0 Å². The first kappa shape index (κ1) is 18.7. The van der Waals surface area contributed by atoms with E-state index in [0.717, 1.165) is 37.0 Å². The van der Waals surface area contributed by atoms with Crippen LogP contribution in [0.5, 0.6) is 11.5 Å². The van der Waals surface area contributed by atoms with Gasteiger partial charge in [0.2, 0.25) is 10.0 Å². The van der Waals surface area contributed by atoms with Crippen molar-refractivity contribution in [2.24, 2.45) is 0 Å². The minimum absolute atomic E-state index is 0.157. The molecule has 6 heteroatoms. The summed E-state index contributed by atoms with van der Waals surface area (Å²) in [4.78, 5) is 0.304. The van der Waals surface area contributed by atoms with E-state index in [2.05, 4.69) is 0 Å². The number of hydrogen-bond acceptors (Lipinski definition) is 4. The first-order valence-electron chi connectivity index (χ1n) is 8.86. The maximum Gasteiger partial charge on any atom is 0.243 e. The lowest BCUT2D eigenvalue weighted by atomic mass is 10.0. The monoisotopic (exact) mass is 375 g/mol. The molecule has 1 aliphatic heterocycles. The van der Waals surface area contributed by atoms with Crippen molar-refractivity contribution in [2.45, 2.75) is 36.6 Å². The molecule has 0 spiro atoms. The van der Waals surface area contributed by atoms with Crippen molar-refractivity contribution in [1.29, 1.82) is 0 Å². The fraction of sp³-hybridized carbons (Fsp3) is 0.400. The molecular formula is C20H25NO4S. The summed E-state index contributed by atoms with van der Waals surface area (Å²) in [5.74, 6) is 1.42. The Morgan fingerprint density at radius 1 is 0.846 bits per heavy atom. The number of benzene rings is 2. The number of ether oxygens (including phenoxy) is 2. The topological polar surface area (TPSA) is 55.8 Å². The van der Waals surface area contributed by atoms with Crippen LogP contribution in [0.25, 0.3) is 0 Å². The largest absolute Gasteiger partial charge is 0.497 e. The van der Waals surface area contributed by atoms with Gasteiger partial charge in [-0.05, 0) is 54.8 Å². The molecule has 0 saturated carbocycles. The third-order valence-corrected chi connectivity index (χ3v) is 6.79. The van der Waals surface area contributed by atoms with Crippen LogP contribution in [0.2, 0.25) is 0 Å². The summed E-state index contributed by atoms with van der Waals surface area (Å²) in [5, 5.41) is 0. The highest BCUT2D eigenvalue weighted by atomic mass is 32.2. The Morgan fingerprint density at radius 2 is 1.42 bits per heavy atom. The third kappa shape index (κ3) is 3.86. The molecule has 1 unspecified atom stereocenters. The van der Waals surface area contributed by atoms with Gasteiger partial charge in [0.15, 0.2) is 0 Å². The van der Waals surface area contributed by atoms with Crippen molar-refractivity contribution in [1.82, 2.24) is 4.31 Å². The van der Waals surface area contributed by atoms with Crippen molar-refractivity contribution < 1.29 is 17.9 Å². The SMILES string of the molecule is COc1ccc(C2CCCCCN2S(=O)(=O)c2ccc(OC)cc2)cc1. The molecule has 0 aliphatic carbocycles. The second-order valence-corrected chi connectivity index (χ2v) is 8.32. The van der Waals surface area contributed by atoms with E-state index in [1.54, 1.807) is 42.8 Å². The normalized spacial score (nSPS) is 18.9. The van der Waals surface area contributed by atoms with Gasteiger partial charge in [0.05, 0.1) is 25.2 Å². The second-order valence-electron chi connectivity index (χ2n) is 6.43. The van der Waals surface area contributed by atoms with Crippen LogP contribution in [0.3, 0.4) is 0 Å². The number of hydrogen-bond donors (Lipinski definition) is 0. The van der Waals surface area contributed by atoms with E-state index < -0.39 is 10.0 Å². The Kier molecular flexibility index (Phi) is 5.84. The summed E-state index contributed by atoms with van der Waals surface area (Å²) in [6.07, 6.45) is 3.76. The standard InChI is InChI=1S/C20H25NO4S/c1-24-17-9-7-16(8-10-17)20-6-4-3-5-15-21(20)26(22,23)19-13-11-18(25-2)12-14-19/h7-14,20H,3-6,15H2,1-2H3. The first-order chi connectivity index (χ1) is 12.6. The van der Waals surface area contributed by atoms with Crippen LogP contribution in [0, 0.1) is 0 Å². The Balaban J connectivity index is 1.96. The lowest BCUT2D eigenvalue weighted by molar-refractivity contribution is 0.328. The molecule has 0 bridgehead atoms. The van der Waals surface area contributed by atoms with Crippen molar-refractivity contribution in [3.8, 4) is 11.5 Å².